The Morgan fingerprint density at radius 2 is 1.97 bits per heavy atom. The van der Waals surface area contributed by atoms with Gasteiger partial charge in [-0.1, -0.05) is 53.4 Å². The summed E-state index contributed by atoms with van der Waals surface area (Å²) in [4.78, 5) is 7.81. The number of anilines is 1. The summed E-state index contributed by atoms with van der Waals surface area (Å²) >= 11 is 3.07. The van der Waals surface area contributed by atoms with Gasteiger partial charge < -0.3 is 10.6 Å². The molecular formula is C24H25F2N5S2. The molecule has 0 fully saturated rings. The normalized spacial score (nSPS) is 20.7. The van der Waals surface area contributed by atoms with Crippen LogP contribution in [0.5, 0.6) is 0 Å². The number of likely N-dealkylation sites (N-methyl/N-ethyl adjacent to an activating group) is 1. The zero-order valence-electron chi connectivity index (χ0n) is 18.3. The van der Waals surface area contributed by atoms with Crippen LogP contribution in [-0.2, 0) is 17.8 Å². The van der Waals surface area contributed by atoms with Crippen molar-refractivity contribution >= 4 is 33.3 Å². The van der Waals surface area contributed by atoms with Crippen LogP contribution in [0.1, 0.15) is 34.5 Å². The van der Waals surface area contributed by atoms with E-state index in [-0.39, 0.29) is 5.56 Å². The Morgan fingerprint density at radius 1 is 1.15 bits per heavy atom. The van der Waals surface area contributed by atoms with Crippen LogP contribution in [0.2, 0.25) is 0 Å². The van der Waals surface area contributed by atoms with E-state index in [0.29, 0.717) is 18.0 Å². The van der Waals surface area contributed by atoms with Crippen molar-refractivity contribution in [1.82, 2.24) is 9.88 Å². The Morgan fingerprint density at radius 3 is 2.76 bits per heavy atom. The Labute approximate surface area is 200 Å². The first-order valence-corrected chi connectivity index (χ1v) is 12.6. The van der Waals surface area contributed by atoms with Crippen LogP contribution in [-0.4, -0.2) is 35.1 Å². The number of benzene rings is 2. The zero-order chi connectivity index (χ0) is 23.0. The van der Waals surface area contributed by atoms with Gasteiger partial charge in [0.2, 0.25) is 5.13 Å². The summed E-state index contributed by atoms with van der Waals surface area (Å²) in [6.07, 6.45) is 2.33. The molecule has 2 aromatic carbocycles. The molecule has 1 atom stereocenters. The van der Waals surface area contributed by atoms with Crippen LogP contribution in [0.25, 0.3) is 0 Å². The SMILES string of the molecule is CN1CCc2nc(N3N=C(c4cc(F)ccc4F)SC3(CCCN)c3ccccc3)sc2C1. The van der Waals surface area contributed by atoms with E-state index < -0.39 is 16.5 Å². The van der Waals surface area contributed by atoms with Gasteiger partial charge in [0.1, 0.15) is 21.5 Å². The second-order valence-electron chi connectivity index (χ2n) is 8.34. The summed E-state index contributed by atoms with van der Waals surface area (Å²) < 4.78 is 28.8. The molecule has 0 radical (unpaired) electrons. The van der Waals surface area contributed by atoms with Gasteiger partial charge in [0, 0.05) is 30.0 Å². The predicted molar refractivity (Wildman–Crippen MR) is 132 cm³/mol. The van der Waals surface area contributed by atoms with Gasteiger partial charge >= 0.3 is 0 Å². The van der Waals surface area contributed by atoms with Crippen molar-refractivity contribution in [3.63, 3.8) is 0 Å². The lowest BCUT2D eigenvalue weighted by Crippen LogP contribution is -2.38. The lowest BCUT2D eigenvalue weighted by molar-refractivity contribution is 0.314. The zero-order valence-corrected chi connectivity index (χ0v) is 19.9. The average molecular weight is 486 g/mol. The lowest BCUT2D eigenvalue weighted by Gasteiger charge is -2.35. The van der Waals surface area contributed by atoms with Crippen LogP contribution in [0, 0.1) is 11.6 Å². The summed E-state index contributed by atoms with van der Waals surface area (Å²) in [6, 6.07) is 13.5. The summed E-state index contributed by atoms with van der Waals surface area (Å²) in [7, 11) is 2.10. The van der Waals surface area contributed by atoms with Crippen LogP contribution in [0.4, 0.5) is 13.9 Å². The smallest absolute Gasteiger partial charge is 0.208 e. The number of aromatic nitrogens is 1. The third-order valence-electron chi connectivity index (χ3n) is 5.99. The van der Waals surface area contributed by atoms with Crippen molar-refractivity contribution in [1.29, 1.82) is 0 Å². The van der Waals surface area contributed by atoms with Crippen molar-refractivity contribution in [2.75, 3.05) is 25.1 Å². The third-order valence-corrected chi connectivity index (χ3v) is 8.50. The molecule has 3 heterocycles. The van der Waals surface area contributed by atoms with Gasteiger partial charge in [-0.2, -0.15) is 5.10 Å². The fourth-order valence-corrected chi connectivity index (χ4v) is 6.98. The van der Waals surface area contributed by atoms with Gasteiger partial charge in [0.05, 0.1) is 5.69 Å². The maximum Gasteiger partial charge on any atom is 0.208 e. The standard InChI is InChI=1S/C24H25F2N5S2/c1-30-13-10-20-21(15-30)32-23(28-20)31-24(11-5-12-27,16-6-3-2-4-7-16)33-22(29-31)18-14-17(25)8-9-19(18)26/h2-4,6-9,14H,5,10-13,15,27H2,1H3. The molecule has 1 aromatic heterocycles. The molecule has 33 heavy (non-hydrogen) atoms. The molecule has 0 amide bonds. The molecule has 5 rings (SSSR count). The molecular weight excluding hydrogens is 460 g/mol. The van der Waals surface area contributed by atoms with E-state index in [1.54, 1.807) is 11.3 Å². The van der Waals surface area contributed by atoms with Gasteiger partial charge in [-0.3, -0.25) is 0 Å². The molecule has 0 spiro atoms. The first kappa shape index (κ1) is 22.5. The van der Waals surface area contributed by atoms with Crippen molar-refractivity contribution in [3.05, 3.63) is 81.9 Å². The largest absolute Gasteiger partial charge is 0.330 e. The van der Waals surface area contributed by atoms with E-state index in [2.05, 4.69) is 24.1 Å². The minimum absolute atomic E-state index is 0.164. The fourth-order valence-electron chi connectivity index (χ4n) is 4.29. The van der Waals surface area contributed by atoms with Gasteiger partial charge in [-0.15, -0.1) is 0 Å². The van der Waals surface area contributed by atoms with Crippen LogP contribution in [0.3, 0.4) is 0 Å². The molecule has 5 nitrogen and oxygen atoms in total. The number of thioether (sulfide) groups is 1. The van der Waals surface area contributed by atoms with Gasteiger partial charge in [0.15, 0.2) is 0 Å². The predicted octanol–water partition coefficient (Wildman–Crippen LogP) is 4.92. The minimum atomic E-state index is -0.652. The van der Waals surface area contributed by atoms with E-state index in [1.807, 2.05) is 23.2 Å². The van der Waals surface area contributed by atoms with E-state index in [1.165, 1.54) is 22.7 Å². The number of hydrogen-bond donors (Lipinski definition) is 1. The molecule has 0 bridgehead atoms. The number of halogens is 2. The lowest BCUT2D eigenvalue weighted by atomic mass is 10.0. The van der Waals surface area contributed by atoms with Crippen LogP contribution < -0.4 is 10.7 Å². The number of nitrogens with two attached hydrogens (primary N) is 1. The Balaban J connectivity index is 1.66. The van der Waals surface area contributed by atoms with Gasteiger partial charge in [0.25, 0.3) is 0 Å². The minimum Gasteiger partial charge on any atom is -0.330 e. The van der Waals surface area contributed by atoms with Gasteiger partial charge in [-0.25, -0.2) is 18.8 Å². The molecule has 9 heteroatoms. The van der Waals surface area contributed by atoms with Crippen LogP contribution >= 0.6 is 23.1 Å². The third kappa shape index (κ3) is 4.19. The number of hydrogen-bond acceptors (Lipinski definition) is 7. The van der Waals surface area contributed by atoms with E-state index in [0.717, 1.165) is 54.5 Å². The Hall–Kier alpha value is -2.33. The summed E-state index contributed by atoms with van der Waals surface area (Å²) in [6.45, 7) is 2.33. The highest BCUT2D eigenvalue weighted by atomic mass is 32.2. The summed E-state index contributed by atoms with van der Waals surface area (Å²) in [5.41, 5.74) is 8.21. The second-order valence-corrected chi connectivity index (χ2v) is 10.7. The highest BCUT2D eigenvalue weighted by Crippen LogP contribution is 2.53. The van der Waals surface area contributed by atoms with Crippen molar-refractivity contribution in [2.45, 2.75) is 30.7 Å². The van der Waals surface area contributed by atoms with Crippen LogP contribution in [0.15, 0.2) is 53.6 Å². The van der Waals surface area contributed by atoms with E-state index in [4.69, 9.17) is 15.8 Å². The molecule has 0 saturated heterocycles. The molecule has 2 N–H and O–H groups in total. The van der Waals surface area contributed by atoms with Crippen molar-refractivity contribution in [3.8, 4) is 0 Å². The number of hydrazone groups is 1. The summed E-state index contributed by atoms with van der Waals surface area (Å²) in [5, 5.41) is 8.01. The van der Waals surface area contributed by atoms with Crippen molar-refractivity contribution < 1.29 is 8.78 Å². The number of nitrogens with zero attached hydrogens (tertiary/aromatic N) is 4. The molecule has 2 aliphatic rings. The molecule has 0 aliphatic carbocycles. The highest BCUT2D eigenvalue weighted by molar-refractivity contribution is 8.15. The van der Waals surface area contributed by atoms with E-state index in [9.17, 15) is 8.78 Å². The summed E-state index contributed by atoms with van der Waals surface area (Å²) in [5.74, 6) is -0.987. The number of thiazole rings is 1. The number of fused-ring (bicyclic) bond motifs is 1. The number of rotatable bonds is 6. The maximum atomic E-state index is 14.8. The monoisotopic (exact) mass is 485 g/mol. The molecule has 2 aliphatic heterocycles. The molecule has 3 aromatic rings. The Bertz CT molecular complexity index is 1180. The van der Waals surface area contributed by atoms with Gasteiger partial charge in [-0.05, 0) is 50.2 Å². The second kappa shape index (κ2) is 9.13. The molecule has 172 valence electrons. The Kier molecular flexibility index (Phi) is 6.22. The van der Waals surface area contributed by atoms with E-state index >= 15 is 0 Å². The topological polar surface area (TPSA) is 57.8 Å². The quantitative estimate of drug-likeness (QED) is 0.537. The first-order chi connectivity index (χ1) is 16.0. The average Bonchev–Trinajstić information content (AvgIpc) is 3.41. The molecule has 1 unspecified atom stereocenters. The highest BCUT2D eigenvalue weighted by Gasteiger charge is 2.48. The fraction of sp³-hybridized carbons (Fsp3) is 0.333. The maximum absolute atomic E-state index is 14.8. The molecule has 0 saturated carbocycles. The van der Waals surface area contributed by atoms with Crippen molar-refractivity contribution in [2.24, 2.45) is 10.8 Å². The first-order valence-electron chi connectivity index (χ1n) is 11.0.